The van der Waals surface area contributed by atoms with Gasteiger partial charge in [-0.1, -0.05) is 6.92 Å². The molecule has 0 radical (unpaired) electrons. The molecular weight excluding hydrogens is 282 g/mol. The number of anilines is 1. The van der Waals surface area contributed by atoms with Crippen molar-refractivity contribution in [2.75, 3.05) is 16.9 Å². The Balaban J connectivity index is 2.11. The van der Waals surface area contributed by atoms with Gasteiger partial charge in [0.15, 0.2) is 9.84 Å². The summed E-state index contributed by atoms with van der Waals surface area (Å²) in [5.41, 5.74) is 0.946. The second-order valence-corrected chi connectivity index (χ2v) is 7.61. The highest BCUT2D eigenvalue weighted by Gasteiger charge is 2.35. The van der Waals surface area contributed by atoms with Crippen LogP contribution < -0.4 is 5.32 Å². The lowest BCUT2D eigenvalue weighted by molar-refractivity contribution is 0.311. The summed E-state index contributed by atoms with van der Waals surface area (Å²) in [5, 5.41) is 3.43. The summed E-state index contributed by atoms with van der Waals surface area (Å²) >= 11 is 6.00. The lowest BCUT2D eigenvalue weighted by atomic mass is 9.78. The molecule has 1 aliphatic rings. The standard InChI is InChI=1S/C14H20ClNO2S/c1-2-10-19(17,18)13-6-4-12(5-7-13)16-14(11-15)8-3-9-14/h4-7,16H,2-3,8-11H2,1H3. The number of alkyl halides is 1. The Morgan fingerprint density at radius 2 is 1.89 bits per heavy atom. The Bertz CT molecular complexity index is 515. The lowest BCUT2D eigenvalue weighted by Gasteiger charge is -2.42. The predicted octanol–water partition coefficient (Wildman–Crippen LogP) is 3.44. The normalized spacial score (nSPS) is 17.8. The number of benzene rings is 1. The van der Waals surface area contributed by atoms with Gasteiger partial charge in [-0.25, -0.2) is 8.42 Å². The molecule has 5 heteroatoms. The molecule has 1 aromatic rings. The van der Waals surface area contributed by atoms with Crippen molar-refractivity contribution in [3.8, 4) is 0 Å². The molecule has 1 aromatic carbocycles. The van der Waals surface area contributed by atoms with Crippen LogP contribution in [0.1, 0.15) is 32.6 Å². The van der Waals surface area contributed by atoms with E-state index < -0.39 is 9.84 Å². The fourth-order valence-corrected chi connectivity index (χ4v) is 3.99. The van der Waals surface area contributed by atoms with E-state index in [1.54, 1.807) is 12.1 Å². The molecule has 2 rings (SSSR count). The molecule has 19 heavy (non-hydrogen) atoms. The second kappa shape index (κ2) is 5.71. The Labute approximate surface area is 120 Å². The zero-order valence-corrected chi connectivity index (χ0v) is 12.7. The van der Waals surface area contributed by atoms with Gasteiger partial charge in [-0.15, -0.1) is 11.6 Å². The van der Waals surface area contributed by atoms with Gasteiger partial charge in [-0.2, -0.15) is 0 Å². The smallest absolute Gasteiger partial charge is 0.178 e. The molecule has 0 heterocycles. The molecule has 106 valence electrons. The third-order valence-electron chi connectivity index (χ3n) is 3.66. The third-order valence-corrected chi connectivity index (χ3v) is 6.11. The van der Waals surface area contributed by atoms with Crippen molar-refractivity contribution in [1.29, 1.82) is 0 Å². The van der Waals surface area contributed by atoms with Crippen LogP contribution in [0.4, 0.5) is 5.69 Å². The number of hydrogen-bond donors (Lipinski definition) is 1. The highest BCUT2D eigenvalue weighted by atomic mass is 35.5. The summed E-state index contributed by atoms with van der Waals surface area (Å²) in [6.07, 6.45) is 3.99. The van der Waals surface area contributed by atoms with Gasteiger partial charge in [0, 0.05) is 11.6 Å². The molecule has 0 amide bonds. The molecule has 1 N–H and O–H groups in total. The van der Waals surface area contributed by atoms with Crippen molar-refractivity contribution in [3.63, 3.8) is 0 Å². The maximum absolute atomic E-state index is 11.9. The van der Waals surface area contributed by atoms with Crippen molar-refractivity contribution in [2.24, 2.45) is 0 Å². The van der Waals surface area contributed by atoms with Crippen LogP contribution in [0, 0.1) is 0 Å². The van der Waals surface area contributed by atoms with Gasteiger partial charge in [-0.3, -0.25) is 0 Å². The summed E-state index contributed by atoms with van der Waals surface area (Å²) in [6.45, 7) is 1.87. The first-order chi connectivity index (χ1) is 9.01. The number of nitrogens with one attached hydrogen (secondary N) is 1. The van der Waals surface area contributed by atoms with Gasteiger partial charge >= 0.3 is 0 Å². The van der Waals surface area contributed by atoms with Gasteiger partial charge in [0.1, 0.15) is 0 Å². The maximum Gasteiger partial charge on any atom is 0.178 e. The summed E-state index contributed by atoms with van der Waals surface area (Å²) in [6, 6.07) is 7.01. The first-order valence-corrected chi connectivity index (χ1v) is 8.87. The monoisotopic (exact) mass is 301 g/mol. The zero-order valence-electron chi connectivity index (χ0n) is 11.2. The van der Waals surface area contributed by atoms with Crippen molar-refractivity contribution in [3.05, 3.63) is 24.3 Å². The van der Waals surface area contributed by atoms with Crippen LogP contribution in [-0.2, 0) is 9.84 Å². The van der Waals surface area contributed by atoms with E-state index in [4.69, 9.17) is 11.6 Å². The van der Waals surface area contributed by atoms with Gasteiger partial charge in [0.05, 0.1) is 16.2 Å². The van der Waals surface area contributed by atoms with Gasteiger partial charge in [-0.05, 0) is 49.9 Å². The fourth-order valence-electron chi connectivity index (χ4n) is 2.33. The molecule has 0 saturated heterocycles. The van der Waals surface area contributed by atoms with Gasteiger partial charge < -0.3 is 5.32 Å². The van der Waals surface area contributed by atoms with Crippen LogP contribution in [0.2, 0.25) is 0 Å². The van der Waals surface area contributed by atoms with E-state index >= 15 is 0 Å². The van der Waals surface area contributed by atoms with E-state index in [2.05, 4.69) is 5.32 Å². The van der Waals surface area contributed by atoms with Crippen LogP contribution in [0.15, 0.2) is 29.2 Å². The first-order valence-electron chi connectivity index (χ1n) is 6.68. The Morgan fingerprint density at radius 1 is 1.26 bits per heavy atom. The molecule has 1 saturated carbocycles. The van der Waals surface area contributed by atoms with E-state index in [1.165, 1.54) is 6.42 Å². The molecule has 0 atom stereocenters. The van der Waals surface area contributed by atoms with E-state index in [1.807, 2.05) is 19.1 Å². The Morgan fingerprint density at radius 3 is 2.32 bits per heavy atom. The van der Waals surface area contributed by atoms with E-state index in [-0.39, 0.29) is 11.3 Å². The average molecular weight is 302 g/mol. The summed E-state index contributed by atoms with van der Waals surface area (Å²) in [5.74, 6) is 0.786. The number of rotatable bonds is 6. The number of sulfone groups is 1. The largest absolute Gasteiger partial charge is 0.378 e. The predicted molar refractivity (Wildman–Crippen MR) is 79.7 cm³/mol. The second-order valence-electron chi connectivity index (χ2n) is 5.24. The van der Waals surface area contributed by atoms with Crippen molar-refractivity contribution in [1.82, 2.24) is 0 Å². The molecule has 3 nitrogen and oxygen atoms in total. The van der Waals surface area contributed by atoms with Crippen LogP contribution in [-0.4, -0.2) is 25.6 Å². The van der Waals surface area contributed by atoms with Crippen molar-refractivity contribution in [2.45, 2.75) is 43.0 Å². The van der Waals surface area contributed by atoms with Crippen LogP contribution in [0.5, 0.6) is 0 Å². The Hall–Kier alpha value is -0.740. The Kier molecular flexibility index (Phi) is 4.41. The third kappa shape index (κ3) is 3.23. The summed E-state index contributed by atoms with van der Waals surface area (Å²) in [4.78, 5) is 0.397. The van der Waals surface area contributed by atoms with Crippen LogP contribution >= 0.6 is 11.6 Å². The van der Waals surface area contributed by atoms with E-state index in [0.717, 1.165) is 18.5 Å². The number of hydrogen-bond acceptors (Lipinski definition) is 3. The quantitative estimate of drug-likeness (QED) is 0.819. The average Bonchev–Trinajstić information content (AvgIpc) is 2.34. The minimum absolute atomic E-state index is 0.00532. The molecule has 1 aliphatic carbocycles. The molecule has 0 bridgehead atoms. The molecule has 0 aromatic heterocycles. The first kappa shape index (κ1) is 14.7. The maximum atomic E-state index is 11.9. The molecular formula is C14H20ClNO2S. The lowest BCUT2D eigenvalue weighted by Crippen LogP contribution is -2.46. The van der Waals surface area contributed by atoms with Crippen LogP contribution in [0.25, 0.3) is 0 Å². The topological polar surface area (TPSA) is 46.2 Å². The van der Waals surface area contributed by atoms with Gasteiger partial charge in [0.2, 0.25) is 0 Å². The summed E-state index contributed by atoms with van der Waals surface area (Å²) < 4.78 is 23.8. The molecule has 1 fully saturated rings. The SMILES string of the molecule is CCCS(=O)(=O)c1ccc(NC2(CCl)CCC2)cc1. The van der Waals surface area contributed by atoms with Crippen molar-refractivity contribution < 1.29 is 8.42 Å². The highest BCUT2D eigenvalue weighted by molar-refractivity contribution is 7.91. The van der Waals surface area contributed by atoms with Crippen LogP contribution in [0.3, 0.4) is 0 Å². The van der Waals surface area contributed by atoms with Crippen molar-refractivity contribution >= 4 is 27.1 Å². The minimum Gasteiger partial charge on any atom is -0.378 e. The summed E-state index contributed by atoms with van der Waals surface area (Å²) in [7, 11) is -3.12. The fraction of sp³-hybridized carbons (Fsp3) is 0.571. The molecule has 0 spiro atoms. The molecule has 0 unspecified atom stereocenters. The minimum atomic E-state index is -3.12. The zero-order chi connectivity index (χ0) is 13.9. The van der Waals surface area contributed by atoms with E-state index in [0.29, 0.717) is 17.2 Å². The number of halogens is 1. The molecule has 0 aliphatic heterocycles. The van der Waals surface area contributed by atoms with Gasteiger partial charge in [0.25, 0.3) is 0 Å². The highest BCUT2D eigenvalue weighted by Crippen LogP contribution is 2.36. The van der Waals surface area contributed by atoms with E-state index in [9.17, 15) is 8.42 Å².